The maximum atomic E-state index is 9.55. The molecule has 0 aliphatic rings. The highest BCUT2D eigenvalue weighted by Gasteiger charge is 2.06. The van der Waals surface area contributed by atoms with E-state index < -0.39 is 0 Å². The number of aromatic hydroxyl groups is 1. The number of nitrogens with zero attached hydrogens (tertiary/aromatic N) is 1. The maximum Gasteiger partial charge on any atom is 0.186 e. The van der Waals surface area contributed by atoms with E-state index >= 15 is 0 Å². The van der Waals surface area contributed by atoms with Crippen LogP contribution in [0.5, 0.6) is 11.5 Å². The average molecular weight is 332 g/mol. The molecule has 98 valence electrons. The first kappa shape index (κ1) is 14.7. The van der Waals surface area contributed by atoms with Gasteiger partial charge in [-0.25, -0.2) is 0 Å². The van der Waals surface area contributed by atoms with Gasteiger partial charge in [0.25, 0.3) is 0 Å². The first-order chi connectivity index (χ1) is 8.58. The predicted octanol–water partition coefficient (Wildman–Crippen LogP) is 1.98. The SMILES string of the molecule is CCNC(=S)N/N=C\c1cc(OC)c(O)cc1Br. The molecule has 0 aromatic heterocycles. The molecule has 1 rings (SSSR count). The third-order valence-electron chi connectivity index (χ3n) is 2.01. The Labute approximate surface area is 119 Å². The lowest BCUT2D eigenvalue weighted by Crippen LogP contribution is -2.31. The fraction of sp³-hybridized carbons (Fsp3) is 0.273. The smallest absolute Gasteiger partial charge is 0.186 e. The Morgan fingerprint density at radius 3 is 2.94 bits per heavy atom. The lowest BCUT2D eigenvalue weighted by molar-refractivity contribution is 0.373. The molecule has 0 atom stereocenters. The van der Waals surface area contributed by atoms with E-state index in [4.69, 9.17) is 17.0 Å². The van der Waals surface area contributed by atoms with Crippen molar-refractivity contribution in [3.63, 3.8) is 0 Å². The Kier molecular flexibility index (Phi) is 5.87. The molecule has 0 amide bonds. The number of hydrazone groups is 1. The number of hydrogen-bond acceptors (Lipinski definition) is 4. The summed E-state index contributed by atoms with van der Waals surface area (Å²) in [6.07, 6.45) is 1.58. The second-order valence-electron chi connectivity index (χ2n) is 3.28. The summed E-state index contributed by atoms with van der Waals surface area (Å²) >= 11 is 8.28. The molecule has 18 heavy (non-hydrogen) atoms. The van der Waals surface area contributed by atoms with E-state index in [-0.39, 0.29) is 5.75 Å². The summed E-state index contributed by atoms with van der Waals surface area (Å²) in [6.45, 7) is 2.68. The van der Waals surface area contributed by atoms with Gasteiger partial charge in [0.05, 0.1) is 13.3 Å². The van der Waals surface area contributed by atoms with E-state index in [0.29, 0.717) is 15.3 Å². The van der Waals surface area contributed by atoms with E-state index in [0.717, 1.165) is 12.1 Å². The van der Waals surface area contributed by atoms with Gasteiger partial charge in [-0.15, -0.1) is 0 Å². The predicted molar refractivity (Wildman–Crippen MR) is 79.4 cm³/mol. The second kappa shape index (κ2) is 7.17. The van der Waals surface area contributed by atoms with Gasteiger partial charge in [-0.3, -0.25) is 5.43 Å². The molecule has 3 N–H and O–H groups in total. The van der Waals surface area contributed by atoms with Crippen LogP contribution in [0.2, 0.25) is 0 Å². The Morgan fingerprint density at radius 1 is 1.61 bits per heavy atom. The van der Waals surface area contributed by atoms with Crippen molar-refractivity contribution >= 4 is 39.5 Å². The van der Waals surface area contributed by atoms with Crippen molar-refractivity contribution in [3.05, 3.63) is 22.2 Å². The van der Waals surface area contributed by atoms with Crippen molar-refractivity contribution in [1.82, 2.24) is 10.7 Å². The first-order valence-electron chi connectivity index (χ1n) is 5.21. The van der Waals surface area contributed by atoms with Crippen molar-refractivity contribution in [3.8, 4) is 11.5 Å². The van der Waals surface area contributed by atoms with Gasteiger partial charge < -0.3 is 15.2 Å². The molecule has 0 radical (unpaired) electrons. The van der Waals surface area contributed by atoms with E-state index in [1.54, 1.807) is 18.3 Å². The fourth-order valence-electron chi connectivity index (χ4n) is 1.18. The van der Waals surface area contributed by atoms with E-state index in [1.807, 2.05) is 6.92 Å². The summed E-state index contributed by atoms with van der Waals surface area (Å²) in [5.74, 6) is 0.451. The molecule has 0 aliphatic heterocycles. The Bertz CT molecular complexity index is 466. The van der Waals surface area contributed by atoms with E-state index in [9.17, 15) is 5.11 Å². The van der Waals surface area contributed by atoms with Gasteiger partial charge in [0, 0.05) is 16.6 Å². The Morgan fingerprint density at radius 2 is 2.33 bits per heavy atom. The number of nitrogens with one attached hydrogen (secondary N) is 2. The van der Waals surface area contributed by atoms with Crippen LogP contribution in [0.25, 0.3) is 0 Å². The number of hydrogen-bond donors (Lipinski definition) is 3. The number of methoxy groups -OCH3 is 1. The molecule has 0 unspecified atom stereocenters. The average Bonchev–Trinajstić information content (AvgIpc) is 2.32. The zero-order valence-corrected chi connectivity index (χ0v) is 12.4. The minimum Gasteiger partial charge on any atom is -0.504 e. The lowest BCUT2D eigenvalue weighted by Gasteiger charge is -2.06. The van der Waals surface area contributed by atoms with Crippen LogP contribution < -0.4 is 15.5 Å². The lowest BCUT2D eigenvalue weighted by atomic mass is 10.2. The number of halogens is 1. The van der Waals surface area contributed by atoms with Crippen LogP contribution in [0, 0.1) is 0 Å². The molecule has 0 heterocycles. The number of phenolic OH excluding ortho intramolecular Hbond substituents is 1. The fourth-order valence-corrected chi connectivity index (χ4v) is 1.81. The summed E-state index contributed by atoms with van der Waals surface area (Å²) in [5, 5.41) is 16.9. The molecule has 0 aliphatic carbocycles. The molecular formula is C11H14BrN3O2S. The molecular weight excluding hydrogens is 318 g/mol. The second-order valence-corrected chi connectivity index (χ2v) is 4.54. The first-order valence-corrected chi connectivity index (χ1v) is 6.42. The minimum atomic E-state index is 0.0673. The van der Waals surface area contributed by atoms with Gasteiger partial charge >= 0.3 is 0 Å². The number of rotatable bonds is 4. The van der Waals surface area contributed by atoms with Crippen molar-refractivity contribution in [2.75, 3.05) is 13.7 Å². The maximum absolute atomic E-state index is 9.55. The topological polar surface area (TPSA) is 65.9 Å². The number of thiocarbonyl (C=S) groups is 1. The molecule has 5 nitrogen and oxygen atoms in total. The summed E-state index contributed by atoms with van der Waals surface area (Å²) < 4.78 is 5.72. The summed E-state index contributed by atoms with van der Waals surface area (Å²) in [5.41, 5.74) is 3.44. The van der Waals surface area contributed by atoms with Crippen molar-refractivity contribution in [2.24, 2.45) is 5.10 Å². The van der Waals surface area contributed by atoms with Crippen molar-refractivity contribution in [2.45, 2.75) is 6.92 Å². The van der Waals surface area contributed by atoms with Gasteiger partial charge in [-0.05, 0) is 47.2 Å². The molecule has 0 saturated heterocycles. The normalized spacial score (nSPS) is 10.4. The summed E-state index contributed by atoms with van der Waals surface area (Å²) in [7, 11) is 1.49. The molecule has 0 fully saturated rings. The highest BCUT2D eigenvalue weighted by atomic mass is 79.9. The van der Waals surface area contributed by atoms with Crippen LogP contribution in [0.15, 0.2) is 21.7 Å². The number of benzene rings is 1. The van der Waals surface area contributed by atoms with Crippen molar-refractivity contribution in [1.29, 1.82) is 0 Å². The van der Waals surface area contributed by atoms with Crippen LogP contribution in [0.4, 0.5) is 0 Å². The largest absolute Gasteiger partial charge is 0.504 e. The monoisotopic (exact) mass is 331 g/mol. The molecule has 0 spiro atoms. The highest BCUT2D eigenvalue weighted by Crippen LogP contribution is 2.31. The third-order valence-corrected chi connectivity index (χ3v) is 2.93. The molecule has 7 heteroatoms. The van der Waals surface area contributed by atoms with Gasteiger partial charge in [-0.2, -0.15) is 5.10 Å². The van der Waals surface area contributed by atoms with Crippen LogP contribution in [-0.4, -0.2) is 30.1 Å². The third kappa shape index (κ3) is 4.15. The van der Waals surface area contributed by atoms with Gasteiger partial charge in [0.1, 0.15) is 0 Å². The number of ether oxygens (including phenoxy) is 1. The van der Waals surface area contributed by atoms with Gasteiger partial charge in [-0.1, -0.05) is 0 Å². The molecule has 1 aromatic rings. The van der Waals surface area contributed by atoms with Crippen LogP contribution in [0.3, 0.4) is 0 Å². The summed E-state index contributed by atoms with van der Waals surface area (Å²) in [4.78, 5) is 0. The molecule has 0 bridgehead atoms. The van der Waals surface area contributed by atoms with Crippen LogP contribution in [0.1, 0.15) is 12.5 Å². The number of phenols is 1. The quantitative estimate of drug-likeness (QED) is 0.447. The van der Waals surface area contributed by atoms with Crippen LogP contribution >= 0.6 is 28.1 Å². The Balaban J connectivity index is 2.78. The standard InChI is InChI=1S/C11H14BrN3O2S/c1-3-13-11(18)15-14-6-7-4-10(17-2)9(16)5-8(7)12/h4-6,16H,3H2,1-2H3,(H2,13,15,18)/b14-6-. The molecule has 1 aromatic carbocycles. The van der Waals surface area contributed by atoms with E-state index in [1.165, 1.54) is 7.11 Å². The van der Waals surface area contributed by atoms with E-state index in [2.05, 4.69) is 31.8 Å². The van der Waals surface area contributed by atoms with Gasteiger partial charge in [0.2, 0.25) is 0 Å². The van der Waals surface area contributed by atoms with Crippen molar-refractivity contribution < 1.29 is 9.84 Å². The minimum absolute atomic E-state index is 0.0673. The Hall–Kier alpha value is -1.34. The zero-order valence-electron chi connectivity index (χ0n) is 10.0. The zero-order chi connectivity index (χ0) is 13.5. The van der Waals surface area contributed by atoms with Gasteiger partial charge in [0.15, 0.2) is 16.6 Å². The van der Waals surface area contributed by atoms with Crippen LogP contribution in [-0.2, 0) is 0 Å². The summed E-state index contributed by atoms with van der Waals surface area (Å²) in [6, 6.07) is 3.21. The molecule has 0 saturated carbocycles. The highest BCUT2D eigenvalue weighted by molar-refractivity contribution is 9.10.